The minimum absolute atomic E-state index is 0. The highest BCUT2D eigenvalue weighted by atomic mass is 35.5. The van der Waals surface area contributed by atoms with E-state index in [2.05, 4.69) is 30.7 Å². The van der Waals surface area contributed by atoms with E-state index < -0.39 is 5.60 Å². The molecule has 0 bridgehead atoms. The van der Waals surface area contributed by atoms with Crippen molar-refractivity contribution in [3.63, 3.8) is 0 Å². The molecule has 0 aliphatic carbocycles. The number of halogens is 4. The summed E-state index contributed by atoms with van der Waals surface area (Å²) in [5.41, 5.74) is -0.989. The van der Waals surface area contributed by atoms with Crippen LogP contribution in [0.4, 0.5) is 0 Å². The van der Waals surface area contributed by atoms with Gasteiger partial charge < -0.3 is 14.7 Å². The number of hydrogen-bond acceptors (Lipinski definition) is 3. The summed E-state index contributed by atoms with van der Waals surface area (Å²) in [6, 6.07) is 3.38. The summed E-state index contributed by atoms with van der Waals surface area (Å²) in [7, 11) is 2.06. The Morgan fingerprint density at radius 3 is 2.54 bits per heavy atom. The molecule has 1 heterocycles. The van der Waals surface area contributed by atoms with E-state index in [0.717, 1.165) is 6.54 Å². The third kappa shape index (κ3) is 5.08. The number of piperidine rings is 1. The Hall–Kier alpha value is -0.340. The molecule has 0 radical (unpaired) electrons. The highest BCUT2D eigenvalue weighted by Crippen LogP contribution is 2.34. The highest BCUT2D eigenvalue weighted by Gasteiger charge is 2.39. The Kier molecular flexibility index (Phi) is 8.00. The lowest BCUT2D eigenvalue weighted by Crippen LogP contribution is -2.52. The molecule has 3 atom stereocenters. The average Bonchev–Trinajstić information content (AvgIpc) is 2.47. The fourth-order valence-corrected chi connectivity index (χ4v) is 3.25. The van der Waals surface area contributed by atoms with E-state index in [0.29, 0.717) is 27.2 Å². The van der Waals surface area contributed by atoms with Crippen LogP contribution in [0.3, 0.4) is 0 Å². The van der Waals surface area contributed by atoms with Gasteiger partial charge in [-0.2, -0.15) is 0 Å². The molecule has 0 saturated carbocycles. The van der Waals surface area contributed by atoms with Gasteiger partial charge >= 0.3 is 0 Å². The second-order valence-electron chi connectivity index (χ2n) is 6.11. The third-order valence-corrected chi connectivity index (χ3v) is 5.33. The van der Waals surface area contributed by atoms with Gasteiger partial charge in [0.1, 0.15) is 18.0 Å². The van der Waals surface area contributed by atoms with Crippen molar-refractivity contribution < 1.29 is 9.84 Å². The van der Waals surface area contributed by atoms with E-state index >= 15 is 0 Å². The number of aliphatic hydroxyl groups is 1. The molecule has 1 N–H and O–H groups in total. The standard InChI is InChI=1S/C17H20Cl3NO2.ClH/c1-11-10-21(3)12(2)9-17(11,22)5-4-6-23-16-8-14(19)13(18)7-15(16)20;/h7-8,11-12,22H,6,9-10H2,1-3H3;1H. The first-order valence-electron chi connectivity index (χ1n) is 7.43. The lowest BCUT2D eigenvalue weighted by molar-refractivity contribution is -0.0347. The second-order valence-corrected chi connectivity index (χ2v) is 7.33. The topological polar surface area (TPSA) is 32.7 Å². The Bertz CT molecular complexity index is 643. The van der Waals surface area contributed by atoms with Crippen LogP contribution in [0.5, 0.6) is 5.75 Å². The predicted octanol–water partition coefficient (Wildman–Crippen LogP) is 4.54. The summed E-state index contributed by atoms with van der Waals surface area (Å²) in [6.07, 6.45) is 0.616. The molecular formula is C17H21Cl4NO2. The summed E-state index contributed by atoms with van der Waals surface area (Å²) in [4.78, 5) is 2.23. The molecule has 1 fully saturated rings. The molecule has 3 unspecified atom stereocenters. The van der Waals surface area contributed by atoms with Crippen molar-refractivity contribution in [1.82, 2.24) is 4.90 Å². The third-order valence-electron chi connectivity index (χ3n) is 4.32. The first-order valence-corrected chi connectivity index (χ1v) is 8.56. The summed E-state index contributed by atoms with van der Waals surface area (Å²) in [5.74, 6) is 6.36. The van der Waals surface area contributed by atoms with E-state index in [1.54, 1.807) is 6.07 Å². The summed E-state index contributed by atoms with van der Waals surface area (Å²) in [6.45, 7) is 5.03. The van der Waals surface area contributed by atoms with Gasteiger partial charge in [-0.1, -0.05) is 53.6 Å². The largest absolute Gasteiger partial charge is 0.479 e. The van der Waals surface area contributed by atoms with Gasteiger partial charge in [0.15, 0.2) is 0 Å². The van der Waals surface area contributed by atoms with Crippen LogP contribution in [-0.4, -0.2) is 41.8 Å². The van der Waals surface area contributed by atoms with Crippen LogP contribution in [0.2, 0.25) is 15.1 Å². The molecule has 0 aromatic heterocycles. The summed E-state index contributed by atoms with van der Waals surface area (Å²) >= 11 is 17.9. The molecule has 0 spiro atoms. The smallest absolute Gasteiger partial charge is 0.149 e. The van der Waals surface area contributed by atoms with E-state index in [4.69, 9.17) is 39.5 Å². The van der Waals surface area contributed by atoms with Crippen LogP contribution in [0.1, 0.15) is 20.3 Å². The van der Waals surface area contributed by atoms with E-state index in [9.17, 15) is 5.11 Å². The summed E-state index contributed by atoms with van der Waals surface area (Å²) in [5, 5.41) is 11.9. The van der Waals surface area contributed by atoms with Crippen molar-refractivity contribution in [1.29, 1.82) is 0 Å². The predicted molar refractivity (Wildman–Crippen MR) is 103 cm³/mol. The lowest BCUT2D eigenvalue weighted by atomic mass is 9.80. The van der Waals surface area contributed by atoms with Gasteiger partial charge in [0.05, 0.1) is 15.1 Å². The first kappa shape index (κ1) is 21.7. The molecule has 1 aromatic carbocycles. The molecule has 1 aliphatic rings. The van der Waals surface area contributed by atoms with E-state index in [1.165, 1.54) is 6.07 Å². The fourth-order valence-electron chi connectivity index (χ4n) is 2.66. The highest BCUT2D eigenvalue weighted by molar-refractivity contribution is 6.43. The van der Waals surface area contributed by atoms with Crippen molar-refractivity contribution in [2.24, 2.45) is 5.92 Å². The van der Waals surface area contributed by atoms with Crippen molar-refractivity contribution in [2.45, 2.75) is 31.9 Å². The monoisotopic (exact) mass is 411 g/mol. The zero-order valence-corrected chi connectivity index (χ0v) is 16.9. The van der Waals surface area contributed by atoms with Crippen molar-refractivity contribution >= 4 is 47.2 Å². The average molecular weight is 413 g/mol. The van der Waals surface area contributed by atoms with Crippen molar-refractivity contribution in [3.8, 4) is 17.6 Å². The van der Waals surface area contributed by atoms with Crippen LogP contribution in [-0.2, 0) is 0 Å². The van der Waals surface area contributed by atoms with Crippen molar-refractivity contribution in [3.05, 3.63) is 27.2 Å². The fraction of sp³-hybridized carbons (Fsp3) is 0.529. The molecule has 1 aromatic rings. The van der Waals surface area contributed by atoms with Crippen LogP contribution >= 0.6 is 47.2 Å². The molecule has 1 aliphatic heterocycles. The first-order chi connectivity index (χ1) is 10.7. The van der Waals surface area contributed by atoms with Crippen LogP contribution in [0.15, 0.2) is 12.1 Å². The zero-order chi connectivity index (χ0) is 17.2. The van der Waals surface area contributed by atoms with Gasteiger partial charge in [-0.25, -0.2) is 0 Å². The molecule has 0 amide bonds. The van der Waals surface area contributed by atoms with E-state index in [-0.39, 0.29) is 31.0 Å². The Labute approximate surface area is 164 Å². The quantitative estimate of drug-likeness (QED) is 0.571. The number of ether oxygens (including phenoxy) is 1. The van der Waals surface area contributed by atoms with Crippen LogP contribution in [0.25, 0.3) is 0 Å². The SMILES string of the molecule is CC1CC(O)(C#CCOc2cc(Cl)c(Cl)cc2Cl)C(C)CN1C.Cl. The molecular weight excluding hydrogens is 392 g/mol. The maximum atomic E-state index is 10.7. The normalized spacial score (nSPS) is 27.0. The number of hydrogen-bond donors (Lipinski definition) is 1. The summed E-state index contributed by atoms with van der Waals surface area (Å²) < 4.78 is 5.52. The van der Waals surface area contributed by atoms with E-state index in [1.807, 2.05) is 6.92 Å². The Morgan fingerprint density at radius 1 is 1.25 bits per heavy atom. The van der Waals surface area contributed by atoms with Crippen LogP contribution < -0.4 is 4.74 Å². The maximum absolute atomic E-state index is 10.7. The van der Waals surface area contributed by atoms with Gasteiger partial charge in [0.2, 0.25) is 0 Å². The van der Waals surface area contributed by atoms with Gasteiger partial charge in [-0.05, 0) is 20.0 Å². The Balaban J connectivity index is 0.00000288. The van der Waals surface area contributed by atoms with Gasteiger partial charge in [-0.3, -0.25) is 0 Å². The van der Waals surface area contributed by atoms with Crippen LogP contribution in [0, 0.1) is 17.8 Å². The number of rotatable bonds is 2. The second kappa shape index (κ2) is 8.85. The lowest BCUT2D eigenvalue weighted by Gasteiger charge is -2.42. The zero-order valence-electron chi connectivity index (χ0n) is 13.8. The van der Waals surface area contributed by atoms with Crippen molar-refractivity contribution in [2.75, 3.05) is 20.2 Å². The van der Waals surface area contributed by atoms with Gasteiger partial charge in [-0.15, -0.1) is 12.4 Å². The van der Waals surface area contributed by atoms with Gasteiger partial charge in [0.25, 0.3) is 0 Å². The molecule has 2 rings (SSSR count). The minimum atomic E-state index is -0.989. The Morgan fingerprint density at radius 2 is 1.88 bits per heavy atom. The minimum Gasteiger partial charge on any atom is -0.479 e. The molecule has 24 heavy (non-hydrogen) atoms. The number of benzene rings is 1. The molecule has 3 nitrogen and oxygen atoms in total. The van der Waals surface area contributed by atoms with Gasteiger partial charge in [0, 0.05) is 31.0 Å². The number of likely N-dealkylation sites (tertiary alicyclic amines) is 1. The molecule has 134 valence electrons. The molecule has 7 heteroatoms. The molecule has 1 saturated heterocycles. The maximum Gasteiger partial charge on any atom is 0.149 e. The number of nitrogens with zero attached hydrogens (tertiary/aromatic N) is 1.